The van der Waals surface area contributed by atoms with Crippen molar-refractivity contribution >= 4 is 39.1 Å². The van der Waals surface area contributed by atoms with E-state index in [0.717, 1.165) is 5.56 Å². The molecule has 17 heavy (non-hydrogen) atoms. The molecule has 0 amide bonds. The molecule has 2 rings (SSSR count). The highest BCUT2D eigenvalue weighted by molar-refractivity contribution is 9.10. The summed E-state index contributed by atoms with van der Waals surface area (Å²) in [5.74, 6) is 0.493. The van der Waals surface area contributed by atoms with Gasteiger partial charge in [0.2, 0.25) is 0 Å². The number of rotatable bonds is 3. The molecule has 1 aromatic heterocycles. The molecule has 2 nitrogen and oxygen atoms in total. The molecule has 0 aliphatic carbocycles. The Labute approximate surface area is 117 Å². The molecule has 0 bridgehead atoms. The van der Waals surface area contributed by atoms with Gasteiger partial charge in [0.1, 0.15) is 11.9 Å². The van der Waals surface area contributed by atoms with Crippen molar-refractivity contribution in [2.24, 2.45) is 0 Å². The van der Waals surface area contributed by atoms with Gasteiger partial charge in [0, 0.05) is 6.42 Å². The number of halogens is 3. The molecule has 1 aromatic carbocycles. The van der Waals surface area contributed by atoms with Gasteiger partial charge in [-0.25, -0.2) is 0 Å². The highest BCUT2D eigenvalue weighted by Crippen LogP contribution is 2.30. The predicted molar refractivity (Wildman–Crippen MR) is 71.5 cm³/mol. The van der Waals surface area contributed by atoms with E-state index in [1.54, 1.807) is 24.3 Å². The van der Waals surface area contributed by atoms with Crippen molar-refractivity contribution in [3.8, 4) is 0 Å². The Kier molecular flexibility index (Phi) is 4.15. The van der Waals surface area contributed by atoms with E-state index in [0.29, 0.717) is 26.9 Å². The van der Waals surface area contributed by atoms with Crippen LogP contribution in [-0.4, -0.2) is 5.11 Å². The van der Waals surface area contributed by atoms with E-state index >= 15 is 0 Å². The summed E-state index contributed by atoms with van der Waals surface area (Å²) in [5, 5.41) is 10.9. The standard InChI is InChI=1S/C12H9BrCl2O2/c13-11-5-4-10(17-11)9(16)6-7-2-1-3-8(14)12(7)15/h1-5,9,16H,6H2. The van der Waals surface area contributed by atoms with Crippen molar-refractivity contribution in [1.29, 1.82) is 0 Å². The summed E-state index contributed by atoms with van der Waals surface area (Å²) < 4.78 is 5.86. The van der Waals surface area contributed by atoms with Crippen molar-refractivity contribution in [3.05, 3.63) is 56.4 Å². The molecule has 1 heterocycles. The topological polar surface area (TPSA) is 33.4 Å². The molecule has 0 spiro atoms. The zero-order valence-electron chi connectivity index (χ0n) is 8.66. The monoisotopic (exact) mass is 334 g/mol. The highest BCUT2D eigenvalue weighted by atomic mass is 79.9. The van der Waals surface area contributed by atoms with Crippen molar-refractivity contribution in [3.63, 3.8) is 0 Å². The van der Waals surface area contributed by atoms with E-state index in [4.69, 9.17) is 27.6 Å². The molecule has 1 unspecified atom stereocenters. The van der Waals surface area contributed by atoms with Crippen LogP contribution in [0.25, 0.3) is 0 Å². The third-order valence-corrected chi connectivity index (χ3v) is 3.65. The molecule has 0 saturated carbocycles. The minimum Gasteiger partial charge on any atom is -0.452 e. The van der Waals surface area contributed by atoms with Crippen molar-refractivity contribution in [2.75, 3.05) is 0 Å². The van der Waals surface area contributed by atoms with Gasteiger partial charge in [0.15, 0.2) is 4.67 Å². The van der Waals surface area contributed by atoms with Crippen LogP contribution in [0.3, 0.4) is 0 Å². The van der Waals surface area contributed by atoms with Crippen LogP contribution in [-0.2, 0) is 6.42 Å². The number of hydrogen-bond acceptors (Lipinski definition) is 2. The minimum atomic E-state index is -0.739. The van der Waals surface area contributed by atoms with E-state index in [1.807, 2.05) is 6.07 Å². The molecule has 0 aliphatic heterocycles. The van der Waals surface area contributed by atoms with Gasteiger partial charge >= 0.3 is 0 Å². The SMILES string of the molecule is OC(Cc1cccc(Cl)c1Cl)c1ccc(Br)o1. The lowest BCUT2D eigenvalue weighted by atomic mass is 10.1. The van der Waals surface area contributed by atoms with Crippen LogP contribution in [0.4, 0.5) is 0 Å². The third-order valence-electron chi connectivity index (χ3n) is 2.37. The van der Waals surface area contributed by atoms with E-state index in [1.165, 1.54) is 0 Å². The summed E-state index contributed by atoms with van der Waals surface area (Å²) in [5.41, 5.74) is 0.791. The minimum absolute atomic E-state index is 0.360. The summed E-state index contributed by atoms with van der Waals surface area (Å²) in [7, 11) is 0. The van der Waals surface area contributed by atoms with E-state index in [-0.39, 0.29) is 0 Å². The van der Waals surface area contributed by atoms with Gasteiger partial charge in [0.05, 0.1) is 10.0 Å². The Morgan fingerprint density at radius 1 is 1.24 bits per heavy atom. The average molecular weight is 336 g/mol. The molecule has 0 saturated heterocycles. The Bertz CT molecular complexity index is 525. The van der Waals surface area contributed by atoms with E-state index in [9.17, 15) is 5.11 Å². The Balaban J connectivity index is 2.18. The van der Waals surface area contributed by atoms with Crippen LogP contribution in [0.2, 0.25) is 10.0 Å². The fourth-order valence-corrected chi connectivity index (χ4v) is 2.24. The summed E-state index contributed by atoms with van der Waals surface area (Å²) in [4.78, 5) is 0. The van der Waals surface area contributed by atoms with Crippen molar-refractivity contribution < 1.29 is 9.52 Å². The molecule has 2 aromatic rings. The van der Waals surface area contributed by atoms with Gasteiger partial charge in [0.25, 0.3) is 0 Å². The van der Waals surface area contributed by atoms with Crippen LogP contribution in [0.5, 0.6) is 0 Å². The van der Waals surface area contributed by atoms with Crippen LogP contribution in [0.15, 0.2) is 39.4 Å². The van der Waals surface area contributed by atoms with Crippen LogP contribution in [0.1, 0.15) is 17.4 Å². The smallest absolute Gasteiger partial charge is 0.169 e. The van der Waals surface area contributed by atoms with Gasteiger partial charge in [-0.05, 0) is 39.7 Å². The van der Waals surface area contributed by atoms with Gasteiger partial charge in [-0.15, -0.1) is 0 Å². The summed E-state index contributed by atoms with van der Waals surface area (Å²) in [6, 6.07) is 8.79. The lowest BCUT2D eigenvalue weighted by Crippen LogP contribution is -2.01. The first-order chi connectivity index (χ1) is 8.08. The fourth-order valence-electron chi connectivity index (χ4n) is 1.52. The molecule has 0 fully saturated rings. The number of aliphatic hydroxyl groups excluding tert-OH is 1. The normalized spacial score (nSPS) is 12.7. The Hall–Kier alpha value is -0.480. The fraction of sp³-hybridized carbons (Fsp3) is 0.167. The van der Waals surface area contributed by atoms with Gasteiger partial charge in [-0.2, -0.15) is 0 Å². The van der Waals surface area contributed by atoms with Crippen LogP contribution < -0.4 is 0 Å². The second kappa shape index (κ2) is 5.44. The molecule has 1 N–H and O–H groups in total. The number of benzene rings is 1. The first kappa shape index (κ1) is 13.0. The summed E-state index contributed by atoms with van der Waals surface area (Å²) >= 11 is 15.1. The van der Waals surface area contributed by atoms with Crippen molar-refractivity contribution in [1.82, 2.24) is 0 Å². The Morgan fingerprint density at radius 2 is 2.00 bits per heavy atom. The quantitative estimate of drug-likeness (QED) is 0.887. The number of furan rings is 1. The highest BCUT2D eigenvalue weighted by Gasteiger charge is 2.15. The second-order valence-electron chi connectivity index (χ2n) is 3.57. The maximum Gasteiger partial charge on any atom is 0.169 e. The maximum atomic E-state index is 9.99. The van der Waals surface area contributed by atoms with Crippen LogP contribution in [0, 0.1) is 0 Å². The second-order valence-corrected chi connectivity index (χ2v) is 5.14. The molecule has 0 radical (unpaired) electrons. The molecule has 90 valence electrons. The van der Waals surface area contributed by atoms with E-state index < -0.39 is 6.10 Å². The molecule has 0 aliphatic rings. The lowest BCUT2D eigenvalue weighted by Gasteiger charge is -2.10. The lowest BCUT2D eigenvalue weighted by molar-refractivity contribution is 0.149. The van der Waals surface area contributed by atoms with Crippen LogP contribution >= 0.6 is 39.1 Å². The summed E-state index contributed by atoms with van der Waals surface area (Å²) in [6.07, 6.45) is -0.378. The molecule has 1 atom stereocenters. The predicted octanol–water partition coefficient (Wildman–Crippen LogP) is 4.63. The zero-order chi connectivity index (χ0) is 12.4. The summed E-state index contributed by atoms with van der Waals surface area (Å²) in [6.45, 7) is 0. The van der Waals surface area contributed by atoms with Gasteiger partial charge in [-0.3, -0.25) is 0 Å². The third kappa shape index (κ3) is 3.05. The maximum absolute atomic E-state index is 9.99. The first-order valence-corrected chi connectivity index (χ1v) is 6.49. The number of aliphatic hydroxyl groups is 1. The van der Waals surface area contributed by atoms with Gasteiger partial charge < -0.3 is 9.52 Å². The molecular weight excluding hydrogens is 327 g/mol. The number of hydrogen-bond donors (Lipinski definition) is 1. The average Bonchev–Trinajstić information content (AvgIpc) is 2.72. The van der Waals surface area contributed by atoms with Crippen molar-refractivity contribution in [2.45, 2.75) is 12.5 Å². The van der Waals surface area contributed by atoms with E-state index in [2.05, 4.69) is 15.9 Å². The Morgan fingerprint density at radius 3 is 2.65 bits per heavy atom. The molecule has 5 heteroatoms. The largest absolute Gasteiger partial charge is 0.452 e. The molecular formula is C12H9BrCl2O2. The first-order valence-electron chi connectivity index (χ1n) is 4.94. The van der Waals surface area contributed by atoms with Gasteiger partial charge in [-0.1, -0.05) is 35.3 Å². The zero-order valence-corrected chi connectivity index (χ0v) is 11.8.